The van der Waals surface area contributed by atoms with Gasteiger partial charge in [-0.2, -0.15) is 5.10 Å². The number of rotatable bonds is 3. The number of phenols is 1. The maximum absolute atomic E-state index is 9.89. The number of benzene rings is 2. The van der Waals surface area contributed by atoms with E-state index >= 15 is 0 Å². The van der Waals surface area contributed by atoms with Gasteiger partial charge in [-0.3, -0.25) is 5.43 Å². The van der Waals surface area contributed by atoms with Gasteiger partial charge >= 0.3 is 0 Å². The highest BCUT2D eigenvalue weighted by molar-refractivity contribution is 9.11. The van der Waals surface area contributed by atoms with Crippen LogP contribution in [0, 0.1) is 0 Å². The minimum atomic E-state index is 0.116. The third-order valence-corrected chi connectivity index (χ3v) is 3.71. The molecule has 0 atom stereocenters. The van der Waals surface area contributed by atoms with Gasteiger partial charge in [0, 0.05) is 15.7 Å². The maximum atomic E-state index is 9.89. The second-order valence-corrected chi connectivity index (χ2v) is 6.19. The first-order valence-electron chi connectivity index (χ1n) is 5.89. The molecule has 2 aromatic carbocycles. The molecular formula is C14H11Br2N3OS. The van der Waals surface area contributed by atoms with Gasteiger partial charge in [0.1, 0.15) is 5.75 Å². The van der Waals surface area contributed by atoms with Gasteiger partial charge in [0.2, 0.25) is 0 Å². The van der Waals surface area contributed by atoms with E-state index in [2.05, 4.69) is 47.7 Å². The van der Waals surface area contributed by atoms with Gasteiger partial charge in [-0.25, -0.2) is 0 Å². The summed E-state index contributed by atoms with van der Waals surface area (Å²) in [4.78, 5) is 0. The number of phenolic OH excluding ortho intramolecular Hbond substituents is 1. The van der Waals surface area contributed by atoms with Crippen LogP contribution in [0.15, 0.2) is 56.5 Å². The van der Waals surface area contributed by atoms with Crippen molar-refractivity contribution in [2.24, 2.45) is 5.10 Å². The van der Waals surface area contributed by atoms with E-state index in [-0.39, 0.29) is 5.75 Å². The van der Waals surface area contributed by atoms with E-state index < -0.39 is 0 Å². The molecule has 0 bridgehead atoms. The van der Waals surface area contributed by atoms with Gasteiger partial charge in [-0.15, -0.1) is 0 Å². The van der Waals surface area contributed by atoms with E-state index in [1.165, 1.54) is 6.21 Å². The summed E-state index contributed by atoms with van der Waals surface area (Å²) in [6.07, 6.45) is 1.49. The average Bonchev–Trinajstić information content (AvgIpc) is 2.45. The Labute approximate surface area is 144 Å². The molecular weight excluding hydrogens is 418 g/mol. The van der Waals surface area contributed by atoms with E-state index in [0.717, 1.165) is 10.2 Å². The van der Waals surface area contributed by atoms with Crippen LogP contribution in [-0.4, -0.2) is 16.4 Å². The van der Waals surface area contributed by atoms with Crippen molar-refractivity contribution in [3.63, 3.8) is 0 Å². The Bertz CT molecular complexity index is 677. The number of anilines is 1. The molecule has 0 aliphatic heterocycles. The Morgan fingerprint density at radius 3 is 2.62 bits per heavy atom. The molecule has 0 heterocycles. The highest BCUT2D eigenvalue weighted by Gasteiger charge is 2.05. The fourth-order valence-electron chi connectivity index (χ4n) is 1.53. The standard InChI is InChI=1S/C14H11Br2N3OS/c15-10-6-9(13(20)12(16)7-10)8-17-19-14(21)18-11-4-2-1-3-5-11/h1-8,20H,(H2,18,19,21). The number of nitrogens with one attached hydrogen (secondary N) is 2. The van der Waals surface area contributed by atoms with Crippen molar-refractivity contribution in [2.45, 2.75) is 0 Å². The molecule has 0 aliphatic rings. The molecule has 0 radical (unpaired) electrons. The molecule has 108 valence electrons. The van der Waals surface area contributed by atoms with Gasteiger partial charge in [-0.1, -0.05) is 34.1 Å². The summed E-state index contributed by atoms with van der Waals surface area (Å²) >= 11 is 11.7. The monoisotopic (exact) mass is 427 g/mol. The lowest BCUT2D eigenvalue weighted by Gasteiger charge is -2.06. The number of halogens is 2. The summed E-state index contributed by atoms with van der Waals surface area (Å²) in [5.74, 6) is 0.116. The number of nitrogens with zero attached hydrogens (tertiary/aromatic N) is 1. The van der Waals surface area contributed by atoms with Crippen LogP contribution in [0.4, 0.5) is 5.69 Å². The van der Waals surface area contributed by atoms with E-state index in [1.807, 2.05) is 30.3 Å². The second-order valence-electron chi connectivity index (χ2n) is 4.02. The van der Waals surface area contributed by atoms with Crippen LogP contribution in [0.3, 0.4) is 0 Å². The molecule has 7 heteroatoms. The third-order valence-electron chi connectivity index (χ3n) is 2.46. The molecule has 0 aliphatic carbocycles. The van der Waals surface area contributed by atoms with Crippen molar-refractivity contribution in [2.75, 3.05) is 5.32 Å². The average molecular weight is 429 g/mol. The van der Waals surface area contributed by atoms with Crippen molar-refractivity contribution in [3.05, 3.63) is 57.0 Å². The molecule has 21 heavy (non-hydrogen) atoms. The number of hydrazone groups is 1. The summed E-state index contributed by atoms with van der Waals surface area (Å²) in [5, 5.41) is 17.2. The summed E-state index contributed by atoms with van der Waals surface area (Å²) in [6.45, 7) is 0. The SMILES string of the molecule is Oc1c(Br)cc(Br)cc1C=NNC(=S)Nc1ccccc1. The van der Waals surface area contributed by atoms with Crippen molar-refractivity contribution in [3.8, 4) is 5.75 Å². The smallest absolute Gasteiger partial charge is 0.191 e. The van der Waals surface area contributed by atoms with Crippen molar-refractivity contribution in [1.29, 1.82) is 0 Å². The predicted octanol–water partition coefficient (Wildman–Crippen LogP) is 4.24. The predicted molar refractivity (Wildman–Crippen MR) is 96.9 cm³/mol. The van der Waals surface area contributed by atoms with Crippen LogP contribution >= 0.6 is 44.1 Å². The molecule has 0 saturated carbocycles. The maximum Gasteiger partial charge on any atom is 0.191 e. The van der Waals surface area contributed by atoms with Crippen LogP contribution in [0.5, 0.6) is 5.75 Å². The third kappa shape index (κ3) is 4.80. The zero-order valence-corrected chi connectivity index (χ0v) is 14.7. The highest BCUT2D eigenvalue weighted by Crippen LogP contribution is 2.30. The Kier molecular flexibility index (Phi) is 5.72. The first kappa shape index (κ1) is 15.9. The first-order valence-corrected chi connectivity index (χ1v) is 7.89. The van der Waals surface area contributed by atoms with Crippen LogP contribution in [-0.2, 0) is 0 Å². The van der Waals surface area contributed by atoms with E-state index in [4.69, 9.17) is 12.2 Å². The molecule has 3 N–H and O–H groups in total. The lowest BCUT2D eigenvalue weighted by atomic mass is 10.2. The van der Waals surface area contributed by atoms with Crippen LogP contribution in [0.1, 0.15) is 5.56 Å². The largest absolute Gasteiger partial charge is 0.506 e. The molecule has 0 spiro atoms. The van der Waals surface area contributed by atoms with Gasteiger partial charge in [0.25, 0.3) is 0 Å². The van der Waals surface area contributed by atoms with Crippen molar-refractivity contribution in [1.82, 2.24) is 5.43 Å². The summed E-state index contributed by atoms with van der Waals surface area (Å²) in [6, 6.07) is 13.0. The number of hydrogen-bond acceptors (Lipinski definition) is 3. The fourth-order valence-corrected chi connectivity index (χ4v) is 2.95. The zero-order valence-electron chi connectivity index (χ0n) is 10.7. The molecule has 0 fully saturated rings. The lowest BCUT2D eigenvalue weighted by molar-refractivity contribution is 0.471. The number of para-hydroxylation sites is 1. The fraction of sp³-hybridized carbons (Fsp3) is 0. The molecule has 4 nitrogen and oxygen atoms in total. The minimum absolute atomic E-state index is 0.116. The van der Waals surface area contributed by atoms with Crippen LogP contribution < -0.4 is 10.7 Å². The van der Waals surface area contributed by atoms with Crippen molar-refractivity contribution < 1.29 is 5.11 Å². The molecule has 0 aromatic heterocycles. The summed E-state index contributed by atoms with van der Waals surface area (Å²) in [7, 11) is 0. The Balaban J connectivity index is 1.98. The summed E-state index contributed by atoms with van der Waals surface area (Å²) in [5.41, 5.74) is 4.13. The lowest BCUT2D eigenvalue weighted by Crippen LogP contribution is -2.23. The minimum Gasteiger partial charge on any atom is -0.506 e. The molecule has 2 rings (SSSR count). The Hall–Kier alpha value is -1.44. The number of aromatic hydroxyl groups is 1. The van der Waals surface area contributed by atoms with E-state index in [9.17, 15) is 5.11 Å². The number of hydrogen-bond donors (Lipinski definition) is 3. The second kappa shape index (κ2) is 7.53. The van der Waals surface area contributed by atoms with Gasteiger partial charge in [0.15, 0.2) is 5.11 Å². The number of thiocarbonyl (C=S) groups is 1. The van der Waals surface area contributed by atoms with E-state index in [0.29, 0.717) is 15.1 Å². The van der Waals surface area contributed by atoms with Crippen LogP contribution in [0.25, 0.3) is 0 Å². The molecule has 2 aromatic rings. The molecule has 0 unspecified atom stereocenters. The molecule has 0 amide bonds. The van der Waals surface area contributed by atoms with Gasteiger partial charge in [0.05, 0.1) is 10.7 Å². The molecule has 0 saturated heterocycles. The van der Waals surface area contributed by atoms with Gasteiger partial charge in [-0.05, 0) is 52.4 Å². The topological polar surface area (TPSA) is 56.7 Å². The normalized spacial score (nSPS) is 10.6. The Morgan fingerprint density at radius 2 is 1.90 bits per heavy atom. The quantitative estimate of drug-likeness (QED) is 0.388. The van der Waals surface area contributed by atoms with E-state index in [1.54, 1.807) is 12.1 Å². The van der Waals surface area contributed by atoms with Crippen LogP contribution in [0.2, 0.25) is 0 Å². The zero-order chi connectivity index (χ0) is 15.2. The van der Waals surface area contributed by atoms with Gasteiger partial charge < -0.3 is 10.4 Å². The van der Waals surface area contributed by atoms with Crippen molar-refractivity contribution >= 4 is 61.1 Å². The Morgan fingerprint density at radius 1 is 1.19 bits per heavy atom. The first-order chi connectivity index (χ1) is 10.1. The summed E-state index contributed by atoms with van der Waals surface area (Å²) < 4.78 is 1.42. The highest BCUT2D eigenvalue weighted by atomic mass is 79.9.